The van der Waals surface area contributed by atoms with Gasteiger partial charge in [0.2, 0.25) is 0 Å². The van der Waals surface area contributed by atoms with Gasteiger partial charge in [0.1, 0.15) is 6.33 Å². The van der Waals surface area contributed by atoms with Crippen LogP contribution in [0.4, 0.5) is 0 Å². The summed E-state index contributed by atoms with van der Waals surface area (Å²) in [6.45, 7) is 4.15. The van der Waals surface area contributed by atoms with Crippen LogP contribution >= 0.6 is 0 Å². The van der Waals surface area contributed by atoms with Crippen LogP contribution < -0.4 is 0 Å². The van der Waals surface area contributed by atoms with E-state index in [0.29, 0.717) is 5.92 Å². The first-order chi connectivity index (χ1) is 6.68. The zero-order chi connectivity index (χ0) is 10.1. The molecule has 0 aliphatic heterocycles. The second-order valence-corrected chi connectivity index (χ2v) is 4.30. The van der Waals surface area contributed by atoms with E-state index in [1.54, 1.807) is 6.33 Å². The average molecular weight is 195 g/mol. The molecule has 78 valence electrons. The third kappa shape index (κ3) is 1.66. The number of aromatic nitrogens is 3. The number of aliphatic hydroxyl groups is 1. The van der Waals surface area contributed by atoms with Crippen molar-refractivity contribution in [2.75, 3.05) is 0 Å². The molecule has 0 amide bonds. The largest absolute Gasteiger partial charge is 0.391 e. The second-order valence-electron chi connectivity index (χ2n) is 4.30. The molecule has 2 rings (SSSR count). The number of hydrogen-bond donors (Lipinski definition) is 1. The lowest BCUT2D eigenvalue weighted by Crippen LogP contribution is -2.18. The van der Waals surface area contributed by atoms with Gasteiger partial charge in [0.05, 0.1) is 12.1 Å². The average Bonchev–Trinajstić information content (AvgIpc) is 2.71. The summed E-state index contributed by atoms with van der Waals surface area (Å²) in [4.78, 5) is 4.24. The zero-order valence-electron chi connectivity index (χ0n) is 8.72. The van der Waals surface area contributed by atoms with Gasteiger partial charge in [-0.15, -0.1) is 0 Å². The first kappa shape index (κ1) is 9.65. The third-order valence-electron chi connectivity index (χ3n) is 2.83. The smallest absolute Gasteiger partial charge is 0.153 e. The van der Waals surface area contributed by atoms with Crippen LogP contribution in [0.5, 0.6) is 0 Å². The van der Waals surface area contributed by atoms with Gasteiger partial charge in [-0.1, -0.05) is 13.8 Å². The summed E-state index contributed by atoms with van der Waals surface area (Å²) in [5.41, 5.74) is 0. The molecule has 4 nitrogen and oxygen atoms in total. The molecule has 0 radical (unpaired) electrons. The summed E-state index contributed by atoms with van der Waals surface area (Å²) in [5.74, 6) is 1.22. The molecule has 1 fully saturated rings. The predicted molar refractivity (Wildman–Crippen MR) is 53.0 cm³/mol. The molecular weight excluding hydrogens is 178 g/mol. The van der Waals surface area contributed by atoms with Crippen molar-refractivity contribution in [3.63, 3.8) is 0 Å². The maximum absolute atomic E-state index is 9.70. The highest BCUT2D eigenvalue weighted by Crippen LogP contribution is 2.29. The van der Waals surface area contributed by atoms with E-state index >= 15 is 0 Å². The van der Waals surface area contributed by atoms with Crippen molar-refractivity contribution in [3.05, 3.63) is 12.2 Å². The Balaban J connectivity index is 2.16. The van der Waals surface area contributed by atoms with Gasteiger partial charge in [0, 0.05) is 5.92 Å². The van der Waals surface area contributed by atoms with Gasteiger partial charge in [-0.2, -0.15) is 5.10 Å². The Labute approximate surface area is 84.0 Å². The summed E-state index contributed by atoms with van der Waals surface area (Å²) in [7, 11) is 0. The van der Waals surface area contributed by atoms with Crippen molar-refractivity contribution < 1.29 is 5.11 Å². The van der Waals surface area contributed by atoms with E-state index in [0.717, 1.165) is 25.1 Å². The molecule has 0 saturated heterocycles. The quantitative estimate of drug-likeness (QED) is 0.777. The van der Waals surface area contributed by atoms with Gasteiger partial charge in [0.15, 0.2) is 5.82 Å². The van der Waals surface area contributed by atoms with Gasteiger partial charge >= 0.3 is 0 Å². The molecule has 1 saturated carbocycles. The maximum atomic E-state index is 9.70. The molecule has 1 aliphatic carbocycles. The van der Waals surface area contributed by atoms with Gasteiger partial charge in [-0.3, -0.25) is 0 Å². The summed E-state index contributed by atoms with van der Waals surface area (Å²) < 4.78 is 1.83. The van der Waals surface area contributed by atoms with Crippen molar-refractivity contribution in [3.8, 4) is 0 Å². The molecule has 2 unspecified atom stereocenters. The standard InChI is InChI=1S/C10H17N3O/c1-7(2)10-11-6-13(12-10)8-4-3-5-9(8)14/h6-9,14H,3-5H2,1-2H3. The van der Waals surface area contributed by atoms with E-state index in [9.17, 15) is 5.11 Å². The first-order valence-corrected chi connectivity index (χ1v) is 5.27. The normalized spacial score (nSPS) is 27.4. The van der Waals surface area contributed by atoms with Crippen LogP contribution in [-0.4, -0.2) is 26.0 Å². The number of nitrogens with zero attached hydrogens (tertiary/aromatic N) is 3. The maximum Gasteiger partial charge on any atom is 0.153 e. The van der Waals surface area contributed by atoms with E-state index < -0.39 is 0 Å². The van der Waals surface area contributed by atoms with E-state index in [-0.39, 0.29) is 12.1 Å². The highest BCUT2D eigenvalue weighted by molar-refractivity contribution is 4.91. The molecule has 1 heterocycles. The van der Waals surface area contributed by atoms with Crippen LogP contribution in [0.2, 0.25) is 0 Å². The summed E-state index contributed by atoms with van der Waals surface area (Å²) in [5, 5.41) is 14.1. The second kappa shape index (κ2) is 3.69. The zero-order valence-corrected chi connectivity index (χ0v) is 8.72. The van der Waals surface area contributed by atoms with E-state index in [4.69, 9.17) is 0 Å². The SMILES string of the molecule is CC(C)c1ncn(C2CCCC2O)n1. The fraction of sp³-hybridized carbons (Fsp3) is 0.800. The van der Waals surface area contributed by atoms with Gasteiger partial charge < -0.3 is 5.11 Å². The lowest BCUT2D eigenvalue weighted by Gasteiger charge is -2.13. The molecule has 2 atom stereocenters. The lowest BCUT2D eigenvalue weighted by atomic mass is 10.2. The van der Waals surface area contributed by atoms with Gasteiger partial charge in [-0.05, 0) is 19.3 Å². The van der Waals surface area contributed by atoms with Crippen LogP contribution in [0, 0.1) is 0 Å². The Hall–Kier alpha value is -0.900. The molecule has 1 N–H and O–H groups in total. The molecule has 0 spiro atoms. The topological polar surface area (TPSA) is 50.9 Å². The molecule has 0 aromatic carbocycles. The predicted octanol–water partition coefficient (Wildman–Crippen LogP) is 1.49. The Bertz CT molecular complexity index is 308. The van der Waals surface area contributed by atoms with Gasteiger partial charge in [0.25, 0.3) is 0 Å². The van der Waals surface area contributed by atoms with Gasteiger partial charge in [-0.25, -0.2) is 9.67 Å². The fourth-order valence-electron chi connectivity index (χ4n) is 1.94. The Morgan fingerprint density at radius 3 is 2.79 bits per heavy atom. The van der Waals surface area contributed by atoms with Crippen LogP contribution in [0.25, 0.3) is 0 Å². The van der Waals surface area contributed by atoms with Crippen LogP contribution in [0.1, 0.15) is 50.9 Å². The Morgan fingerprint density at radius 2 is 2.29 bits per heavy atom. The first-order valence-electron chi connectivity index (χ1n) is 5.27. The van der Waals surface area contributed by atoms with E-state index in [2.05, 4.69) is 23.9 Å². The fourth-order valence-corrected chi connectivity index (χ4v) is 1.94. The minimum Gasteiger partial charge on any atom is -0.391 e. The molecule has 4 heteroatoms. The van der Waals surface area contributed by atoms with Crippen LogP contribution in [0.3, 0.4) is 0 Å². The summed E-state index contributed by atoms with van der Waals surface area (Å²) in [6.07, 6.45) is 4.50. The number of aliphatic hydroxyl groups excluding tert-OH is 1. The molecule has 1 aliphatic rings. The van der Waals surface area contributed by atoms with Crippen molar-refractivity contribution in [2.45, 2.75) is 51.2 Å². The Kier molecular flexibility index (Phi) is 2.54. The summed E-state index contributed by atoms with van der Waals surface area (Å²) in [6, 6.07) is 0.148. The third-order valence-corrected chi connectivity index (χ3v) is 2.83. The van der Waals surface area contributed by atoms with Crippen LogP contribution in [0.15, 0.2) is 6.33 Å². The minimum atomic E-state index is -0.239. The lowest BCUT2D eigenvalue weighted by molar-refractivity contribution is 0.130. The number of hydrogen-bond acceptors (Lipinski definition) is 3. The van der Waals surface area contributed by atoms with Crippen molar-refractivity contribution in [1.29, 1.82) is 0 Å². The van der Waals surface area contributed by atoms with Crippen molar-refractivity contribution in [1.82, 2.24) is 14.8 Å². The molecule has 0 bridgehead atoms. The Morgan fingerprint density at radius 1 is 1.50 bits per heavy atom. The molecule has 1 aromatic heterocycles. The van der Waals surface area contributed by atoms with Crippen LogP contribution in [-0.2, 0) is 0 Å². The van der Waals surface area contributed by atoms with Crippen molar-refractivity contribution >= 4 is 0 Å². The molecular formula is C10H17N3O. The van der Waals surface area contributed by atoms with E-state index in [1.807, 2.05) is 4.68 Å². The highest BCUT2D eigenvalue weighted by Gasteiger charge is 2.27. The molecule has 14 heavy (non-hydrogen) atoms. The van der Waals surface area contributed by atoms with Crippen molar-refractivity contribution in [2.24, 2.45) is 0 Å². The summed E-state index contributed by atoms with van der Waals surface area (Å²) >= 11 is 0. The van der Waals surface area contributed by atoms with E-state index in [1.165, 1.54) is 0 Å². The highest BCUT2D eigenvalue weighted by atomic mass is 16.3. The monoisotopic (exact) mass is 195 g/mol. The number of rotatable bonds is 2. The minimum absolute atomic E-state index is 0.148. The molecule has 1 aromatic rings.